The number of halogens is 2. The molecule has 0 amide bonds. The molecular weight excluding hydrogens is 187 g/mol. The molecule has 1 rings (SSSR count). The van der Waals surface area contributed by atoms with Gasteiger partial charge in [0.1, 0.15) is 5.76 Å². The van der Waals surface area contributed by atoms with E-state index >= 15 is 0 Å². The molecule has 0 aromatic carbocycles. The fraction of sp³-hybridized carbons (Fsp3) is 0.286. The Morgan fingerprint density at radius 3 is 2.64 bits per heavy atom. The molecule has 0 bridgehead atoms. The Bertz CT molecular complexity index is 278. The first-order chi connectivity index (χ1) is 5.15. The third-order valence-corrected chi connectivity index (χ3v) is 1.83. The summed E-state index contributed by atoms with van der Waals surface area (Å²) in [6, 6.07) is 1.55. The van der Waals surface area contributed by atoms with Gasteiger partial charge in [0.05, 0.1) is 5.88 Å². The lowest BCUT2D eigenvalue weighted by Crippen LogP contribution is -1.81. The van der Waals surface area contributed by atoms with E-state index in [1.807, 2.05) is 0 Å². The average molecular weight is 193 g/mol. The van der Waals surface area contributed by atoms with Gasteiger partial charge in [0.2, 0.25) is 0 Å². The molecule has 60 valence electrons. The molecule has 11 heavy (non-hydrogen) atoms. The van der Waals surface area contributed by atoms with E-state index in [0.29, 0.717) is 11.6 Å². The van der Waals surface area contributed by atoms with Gasteiger partial charge >= 0.3 is 0 Å². The number of hydrogen-bond donors (Lipinski definition) is 0. The van der Waals surface area contributed by atoms with Gasteiger partial charge in [0.15, 0.2) is 5.76 Å². The Hall–Kier alpha value is -0.470. The summed E-state index contributed by atoms with van der Waals surface area (Å²) in [5.41, 5.74) is 0.802. The van der Waals surface area contributed by atoms with Gasteiger partial charge in [-0.2, -0.15) is 0 Å². The summed E-state index contributed by atoms with van der Waals surface area (Å²) in [5, 5.41) is -0.593. The van der Waals surface area contributed by atoms with Gasteiger partial charge in [0.25, 0.3) is 5.24 Å². The quantitative estimate of drug-likeness (QED) is 0.533. The Labute approximate surface area is 74.1 Å². The van der Waals surface area contributed by atoms with Gasteiger partial charge < -0.3 is 4.42 Å². The molecule has 1 heterocycles. The lowest BCUT2D eigenvalue weighted by molar-refractivity contribution is 0.105. The second kappa shape index (κ2) is 3.28. The van der Waals surface area contributed by atoms with Crippen LogP contribution in [0.2, 0.25) is 0 Å². The summed E-state index contributed by atoms with van der Waals surface area (Å²) in [5.74, 6) is 1.13. The van der Waals surface area contributed by atoms with Crippen LogP contribution < -0.4 is 0 Å². The van der Waals surface area contributed by atoms with Crippen molar-refractivity contribution < 1.29 is 9.21 Å². The molecule has 0 N–H and O–H groups in total. The molecule has 0 aliphatic carbocycles. The molecular formula is C7H6Cl2O2. The average Bonchev–Trinajstić information content (AvgIpc) is 2.31. The molecule has 0 atom stereocenters. The standard InChI is InChI=1S/C7H6Cl2O2/c1-4-5(3-8)2-6(11-4)7(9)10/h2H,3H2,1H3. The van der Waals surface area contributed by atoms with E-state index in [4.69, 9.17) is 27.6 Å². The van der Waals surface area contributed by atoms with Crippen molar-refractivity contribution in [1.82, 2.24) is 0 Å². The molecule has 1 aromatic heterocycles. The maximum Gasteiger partial charge on any atom is 0.287 e. The van der Waals surface area contributed by atoms with Gasteiger partial charge in [-0.3, -0.25) is 4.79 Å². The molecule has 0 saturated carbocycles. The van der Waals surface area contributed by atoms with Crippen LogP contribution in [0, 0.1) is 6.92 Å². The Kier molecular flexibility index (Phi) is 2.58. The van der Waals surface area contributed by atoms with Crippen LogP contribution in [0.3, 0.4) is 0 Å². The third kappa shape index (κ3) is 1.76. The molecule has 0 spiro atoms. The van der Waals surface area contributed by atoms with E-state index in [1.54, 1.807) is 13.0 Å². The van der Waals surface area contributed by atoms with Crippen LogP contribution in [-0.2, 0) is 5.88 Å². The van der Waals surface area contributed by atoms with Gasteiger partial charge in [-0.15, -0.1) is 11.6 Å². The highest BCUT2D eigenvalue weighted by Gasteiger charge is 2.10. The van der Waals surface area contributed by atoms with E-state index in [0.717, 1.165) is 5.56 Å². The number of carbonyl (C=O) groups excluding carboxylic acids is 1. The highest BCUT2D eigenvalue weighted by Crippen LogP contribution is 2.17. The zero-order valence-corrected chi connectivity index (χ0v) is 7.37. The van der Waals surface area contributed by atoms with E-state index in [9.17, 15) is 4.79 Å². The summed E-state index contributed by atoms with van der Waals surface area (Å²) < 4.78 is 5.00. The normalized spacial score (nSPS) is 10.1. The van der Waals surface area contributed by atoms with Crippen LogP contribution in [0.15, 0.2) is 10.5 Å². The SMILES string of the molecule is Cc1oc(C(=O)Cl)cc1CCl. The van der Waals surface area contributed by atoms with Crippen molar-refractivity contribution in [2.45, 2.75) is 12.8 Å². The van der Waals surface area contributed by atoms with E-state index in [2.05, 4.69) is 0 Å². The van der Waals surface area contributed by atoms with Crippen LogP contribution >= 0.6 is 23.2 Å². The molecule has 2 nitrogen and oxygen atoms in total. The number of hydrogen-bond acceptors (Lipinski definition) is 2. The predicted molar refractivity (Wildman–Crippen MR) is 43.2 cm³/mol. The lowest BCUT2D eigenvalue weighted by atomic mass is 10.3. The number of alkyl halides is 1. The van der Waals surface area contributed by atoms with Crippen LogP contribution in [0.25, 0.3) is 0 Å². The van der Waals surface area contributed by atoms with Crippen LogP contribution in [0.4, 0.5) is 0 Å². The van der Waals surface area contributed by atoms with Gasteiger partial charge in [-0.05, 0) is 24.6 Å². The predicted octanol–water partition coefficient (Wildman–Crippen LogP) is 2.71. The molecule has 0 radical (unpaired) electrons. The van der Waals surface area contributed by atoms with Crippen molar-refractivity contribution >= 4 is 28.4 Å². The van der Waals surface area contributed by atoms with Gasteiger partial charge in [0, 0.05) is 5.56 Å². The summed E-state index contributed by atoms with van der Waals surface area (Å²) in [7, 11) is 0. The minimum atomic E-state index is -0.593. The minimum absolute atomic E-state index is 0.153. The maximum absolute atomic E-state index is 10.6. The minimum Gasteiger partial charge on any atom is -0.457 e. The zero-order chi connectivity index (χ0) is 8.43. The molecule has 0 aliphatic rings. The van der Waals surface area contributed by atoms with Crippen molar-refractivity contribution in [3.63, 3.8) is 0 Å². The topological polar surface area (TPSA) is 30.2 Å². The monoisotopic (exact) mass is 192 g/mol. The van der Waals surface area contributed by atoms with Gasteiger partial charge in [-0.25, -0.2) is 0 Å². The van der Waals surface area contributed by atoms with E-state index in [-0.39, 0.29) is 5.76 Å². The Morgan fingerprint density at radius 1 is 1.73 bits per heavy atom. The number of carbonyl (C=O) groups is 1. The molecule has 0 aliphatic heterocycles. The van der Waals surface area contributed by atoms with Gasteiger partial charge in [-0.1, -0.05) is 0 Å². The fourth-order valence-electron chi connectivity index (χ4n) is 0.749. The fourth-order valence-corrected chi connectivity index (χ4v) is 1.11. The van der Waals surface area contributed by atoms with Crippen molar-refractivity contribution in [3.05, 3.63) is 23.2 Å². The number of furan rings is 1. The molecule has 0 fully saturated rings. The van der Waals surface area contributed by atoms with Crippen molar-refractivity contribution in [2.75, 3.05) is 0 Å². The van der Waals surface area contributed by atoms with Crippen LogP contribution in [-0.4, -0.2) is 5.24 Å². The molecule has 0 saturated heterocycles. The molecule has 0 unspecified atom stereocenters. The third-order valence-electron chi connectivity index (χ3n) is 1.36. The van der Waals surface area contributed by atoms with E-state index < -0.39 is 5.24 Å². The highest BCUT2D eigenvalue weighted by atomic mass is 35.5. The first-order valence-corrected chi connectivity index (χ1v) is 3.91. The van der Waals surface area contributed by atoms with Crippen molar-refractivity contribution in [1.29, 1.82) is 0 Å². The zero-order valence-electron chi connectivity index (χ0n) is 5.86. The molecule has 1 aromatic rings. The molecule has 4 heteroatoms. The Morgan fingerprint density at radius 2 is 2.36 bits per heavy atom. The van der Waals surface area contributed by atoms with Crippen LogP contribution in [0.1, 0.15) is 21.9 Å². The van der Waals surface area contributed by atoms with Crippen molar-refractivity contribution in [2.24, 2.45) is 0 Å². The summed E-state index contributed by atoms with van der Waals surface area (Å²) in [4.78, 5) is 10.6. The number of rotatable bonds is 2. The maximum atomic E-state index is 10.6. The second-order valence-electron chi connectivity index (χ2n) is 2.10. The summed E-state index contributed by atoms with van der Waals surface area (Å²) >= 11 is 10.7. The summed E-state index contributed by atoms with van der Waals surface area (Å²) in [6.45, 7) is 1.74. The van der Waals surface area contributed by atoms with E-state index in [1.165, 1.54) is 0 Å². The first-order valence-electron chi connectivity index (χ1n) is 3.00. The highest BCUT2D eigenvalue weighted by molar-refractivity contribution is 6.67. The van der Waals surface area contributed by atoms with Crippen molar-refractivity contribution in [3.8, 4) is 0 Å². The van der Waals surface area contributed by atoms with Crippen LogP contribution in [0.5, 0.6) is 0 Å². The smallest absolute Gasteiger partial charge is 0.287 e. The second-order valence-corrected chi connectivity index (χ2v) is 2.71. The summed E-state index contributed by atoms with van der Waals surface area (Å²) in [6.07, 6.45) is 0. The first kappa shape index (κ1) is 8.62. The Balaban J connectivity index is 3.05. The number of aryl methyl sites for hydroxylation is 1. The lowest BCUT2D eigenvalue weighted by Gasteiger charge is -1.85. The largest absolute Gasteiger partial charge is 0.457 e.